The fraction of sp³-hybridized carbons (Fsp3) is 0.323. The molecule has 2 heterocycles. The van der Waals surface area contributed by atoms with Crippen molar-refractivity contribution < 1.29 is 19.4 Å². The van der Waals surface area contributed by atoms with Crippen LogP contribution in [-0.4, -0.2) is 60.9 Å². The Bertz CT molecular complexity index is 1380. The molecule has 3 aromatic carbocycles. The van der Waals surface area contributed by atoms with Gasteiger partial charge in [0.2, 0.25) is 0 Å². The molecule has 0 spiro atoms. The molecule has 204 valence electrons. The van der Waals surface area contributed by atoms with E-state index in [1.165, 1.54) is 16.7 Å². The third kappa shape index (κ3) is 6.59. The highest BCUT2D eigenvalue weighted by Crippen LogP contribution is 2.37. The number of nitrogens with zero attached hydrogens (tertiary/aromatic N) is 2. The average molecular weight is 568 g/mol. The first-order chi connectivity index (χ1) is 18.7. The number of aromatic carboxylic acids is 1. The number of hydrogen-bond donors (Lipinski definition) is 1. The summed E-state index contributed by atoms with van der Waals surface area (Å²) in [6.07, 6.45) is 0.855. The lowest BCUT2D eigenvalue weighted by molar-refractivity contribution is -0.0101. The summed E-state index contributed by atoms with van der Waals surface area (Å²) in [6, 6.07) is 20.4. The predicted octanol–water partition coefficient (Wildman–Crippen LogP) is 7.26. The SMILES string of the molecule is CC1(C)CC(c2ccc(Cl)cc2)=C(CN2CCN(c3ccc(C(=O)O)c(Oc4ccccc4Cl)c3)CC2)CO1. The molecule has 0 saturated carbocycles. The quantitative estimate of drug-likeness (QED) is 0.324. The Labute approximate surface area is 239 Å². The van der Waals surface area contributed by atoms with Gasteiger partial charge in [0.1, 0.15) is 17.1 Å². The maximum atomic E-state index is 11.8. The van der Waals surface area contributed by atoms with Crippen molar-refractivity contribution in [2.75, 3.05) is 44.2 Å². The standard InChI is InChI=1S/C31H32Cl2N2O4/c1-31(2)18-26(21-7-9-23(32)10-8-21)22(20-38-31)19-34-13-15-35(16-14-34)24-11-12-25(30(36)37)29(17-24)39-28-6-4-3-5-27(28)33/h3-12,17H,13-16,18-20H2,1-2H3,(H,36,37). The fourth-order valence-electron chi connectivity index (χ4n) is 5.12. The van der Waals surface area contributed by atoms with Gasteiger partial charge in [0, 0.05) is 55.9 Å². The first kappa shape index (κ1) is 27.5. The molecule has 2 aliphatic heterocycles. The summed E-state index contributed by atoms with van der Waals surface area (Å²) in [7, 11) is 0. The van der Waals surface area contributed by atoms with Gasteiger partial charge in [0.15, 0.2) is 0 Å². The normalized spacial score (nSPS) is 17.8. The highest BCUT2D eigenvalue weighted by atomic mass is 35.5. The molecule has 2 aliphatic rings. The van der Waals surface area contributed by atoms with Gasteiger partial charge in [0.05, 0.1) is 17.2 Å². The van der Waals surface area contributed by atoms with Crippen LogP contribution in [-0.2, 0) is 4.74 Å². The van der Waals surface area contributed by atoms with Crippen molar-refractivity contribution >= 4 is 40.4 Å². The number of hydrogen-bond acceptors (Lipinski definition) is 5. The molecule has 1 fully saturated rings. The molecular weight excluding hydrogens is 535 g/mol. The second-order valence-corrected chi connectivity index (χ2v) is 11.4. The smallest absolute Gasteiger partial charge is 0.339 e. The van der Waals surface area contributed by atoms with Crippen LogP contribution in [0.4, 0.5) is 5.69 Å². The molecule has 0 aromatic heterocycles. The highest BCUT2D eigenvalue weighted by Gasteiger charge is 2.30. The molecule has 3 aromatic rings. The van der Waals surface area contributed by atoms with E-state index in [9.17, 15) is 9.90 Å². The zero-order valence-corrected chi connectivity index (χ0v) is 23.6. The number of halogens is 2. The van der Waals surface area contributed by atoms with Crippen LogP contribution in [0.2, 0.25) is 10.0 Å². The van der Waals surface area contributed by atoms with Crippen molar-refractivity contribution in [3.05, 3.63) is 93.5 Å². The monoisotopic (exact) mass is 566 g/mol. The minimum Gasteiger partial charge on any atom is -0.478 e. The number of benzene rings is 3. The second kappa shape index (κ2) is 11.6. The van der Waals surface area contributed by atoms with Crippen LogP contribution >= 0.6 is 23.2 Å². The van der Waals surface area contributed by atoms with Gasteiger partial charge in [0.25, 0.3) is 0 Å². The van der Waals surface area contributed by atoms with Crippen molar-refractivity contribution in [1.82, 2.24) is 4.90 Å². The Kier molecular flexibility index (Phi) is 8.19. The molecule has 0 atom stereocenters. The first-order valence-electron chi connectivity index (χ1n) is 13.1. The summed E-state index contributed by atoms with van der Waals surface area (Å²) >= 11 is 12.4. The minimum absolute atomic E-state index is 0.0965. The Morgan fingerprint density at radius 2 is 1.69 bits per heavy atom. The van der Waals surface area contributed by atoms with Crippen molar-refractivity contribution in [2.45, 2.75) is 25.9 Å². The maximum Gasteiger partial charge on any atom is 0.339 e. The number of anilines is 1. The molecule has 39 heavy (non-hydrogen) atoms. The molecular formula is C31H32Cl2N2O4. The first-order valence-corrected chi connectivity index (χ1v) is 13.8. The summed E-state index contributed by atoms with van der Waals surface area (Å²) in [6.45, 7) is 9.12. The van der Waals surface area contributed by atoms with Gasteiger partial charge in [-0.3, -0.25) is 4.90 Å². The number of piperazine rings is 1. The lowest BCUT2D eigenvalue weighted by Gasteiger charge is -2.39. The van der Waals surface area contributed by atoms with E-state index in [0.29, 0.717) is 17.4 Å². The topological polar surface area (TPSA) is 62.2 Å². The number of para-hydroxylation sites is 1. The summed E-state index contributed by atoms with van der Waals surface area (Å²) in [5, 5.41) is 10.9. The molecule has 0 unspecified atom stereocenters. The van der Waals surface area contributed by atoms with Crippen molar-refractivity contribution in [2.24, 2.45) is 0 Å². The van der Waals surface area contributed by atoms with Crippen molar-refractivity contribution in [3.8, 4) is 11.5 Å². The third-order valence-corrected chi connectivity index (χ3v) is 7.83. The molecule has 0 radical (unpaired) electrons. The molecule has 6 nitrogen and oxygen atoms in total. The van der Waals surface area contributed by atoms with E-state index >= 15 is 0 Å². The summed E-state index contributed by atoms with van der Waals surface area (Å²) in [4.78, 5) is 16.6. The molecule has 1 saturated heterocycles. The van der Waals surface area contributed by atoms with Crippen LogP contribution in [0.25, 0.3) is 5.57 Å². The molecule has 0 aliphatic carbocycles. The van der Waals surface area contributed by atoms with Crippen molar-refractivity contribution in [3.63, 3.8) is 0 Å². The lowest BCUT2D eigenvalue weighted by atomic mass is 9.87. The van der Waals surface area contributed by atoms with Gasteiger partial charge in [-0.1, -0.05) is 47.5 Å². The zero-order valence-electron chi connectivity index (χ0n) is 22.1. The van der Waals surface area contributed by atoms with Crippen LogP contribution in [0.15, 0.2) is 72.3 Å². The van der Waals surface area contributed by atoms with Crippen molar-refractivity contribution in [1.29, 1.82) is 0 Å². The van der Waals surface area contributed by atoms with E-state index < -0.39 is 5.97 Å². The Balaban J connectivity index is 1.30. The van der Waals surface area contributed by atoms with Gasteiger partial charge < -0.3 is 19.5 Å². The van der Waals surface area contributed by atoms with E-state index in [1.807, 2.05) is 18.2 Å². The average Bonchev–Trinajstić information content (AvgIpc) is 2.91. The summed E-state index contributed by atoms with van der Waals surface area (Å²) < 4.78 is 12.1. The number of carbonyl (C=O) groups is 1. The Morgan fingerprint density at radius 3 is 2.38 bits per heavy atom. The summed E-state index contributed by atoms with van der Waals surface area (Å²) in [5.74, 6) is -0.349. The van der Waals surface area contributed by atoms with Gasteiger partial charge >= 0.3 is 5.97 Å². The Morgan fingerprint density at radius 1 is 0.974 bits per heavy atom. The van der Waals surface area contributed by atoms with Crippen LogP contribution in [0, 0.1) is 0 Å². The van der Waals surface area contributed by atoms with E-state index in [2.05, 4.69) is 35.8 Å². The van der Waals surface area contributed by atoms with Gasteiger partial charge in [-0.15, -0.1) is 0 Å². The maximum absolute atomic E-state index is 11.8. The second-order valence-electron chi connectivity index (χ2n) is 10.6. The lowest BCUT2D eigenvalue weighted by Crippen LogP contribution is -2.47. The number of carboxylic acids is 1. The highest BCUT2D eigenvalue weighted by molar-refractivity contribution is 6.32. The van der Waals surface area contributed by atoms with Gasteiger partial charge in [-0.05, 0) is 67.0 Å². The van der Waals surface area contributed by atoms with E-state index in [4.69, 9.17) is 32.7 Å². The van der Waals surface area contributed by atoms with E-state index in [-0.39, 0.29) is 16.9 Å². The summed E-state index contributed by atoms with van der Waals surface area (Å²) in [5.41, 5.74) is 4.67. The molecule has 1 N–H and O–H groups in total. The predicted molar refractivity (Wildman–Crippen MR) is 157 cm³/mol. The van der Waals surface area contributed by atoms with Crippen LogP contribution < -0.4 is 9.64 Å². The number of carboxylic acid groups (broad SMARTS) is 1. The zero-order chi connectivity index (χ0) is 27.6. The molecule has 0 bridgehead atoms. The van der Waals surface area contributed by atoms with Crippen LogP contribution in [0.5, 0.6) is 11.5 Å². The molecule has 0 amide bonds. The largest absolute Gasteiger partial charge is 0.478 e. The molecule has 5 rings (SSSR count). The minimum atomic E-state index is -1.05. The van der Waals surface area contributed by atoms with Crippen LogP contribution in [0.1, 0.15) is 36.2 Å². The van der Waals surface area contributed by atoms with E-state index in [0.717, 1.165) is 49.9 Å². The van der Waals surface area contributed by atoms with Gasteiger partial charge in [-0.2, -0.15) is 0 Å². The fourth-order valence-corrected chi connectivity index (χ4v) is 5.42. The molecule has 8 heteroatoms. The van der Waals surface area contributed by atoms with Crippen LogP contribution in [0.3, 0.4) is 0 Å². The number of rotatable bonds is 7. The van der Waals surface area contributed by atoms with E-state index in [1.54, 1.807) is 36.4 Å². The third-order valence-electron chi connectivity index (χ3n) is 7.26. The Hall–Kier alpha value is -3.03. The number of ether oxygens (including phenoxy) is 2. The van der Waals surface area contributed by atoms with Gasteiger partial charge in [-0.25, -0.2) is 4.79 Å².